The number of rotatable bonds is 10. The monoisotopic (exact) mass is 594 g/mol. The van der Waals surface area contributed by atoms with Crippen LogP contribution < -0.4 is 14.4 Å². The lowest BCUT2D eigenvalue weighted by molar-refractivity contribution is 0.0266. The molecule has 4 aromatic rings. The van der Waals surface area contributed by atoms with E-state index in [1.54, 1.807) is 4.90 Å². The van der Waals surface area contributed by atoms with Gasteiger partial charge in [0.15, 0.2) is 0 Å². The van der Waals surface area contributed by atoms with Gasteiger partial charge < -0.3 is 24.0 Å². The molecule has 0 unspecified atom stereocenters. The van der Waals surface area contributed by atoms with Gasteiger partial charge in [-0.1, -0.05) is 60.7 Å². The summed E-state index contributed by atoms with van der Waals surface area (Å²) in [6, 6.07) is 28.0. The standard InChI is InChI=1S/C36H42N4O4/c1-36(2,3)44-35(41)39(4)24-27-19-21-40(22-20-27)30-15-17-32(37-23-30)31-16-18-33(42-25-28-11-7-5-8-12-28)38-34(31)43-26-29-13-9-6-10-14-29/h5-18,23,27H,19-22,24-26H2,1-4H3. The summed E-state index contributed by atoms with van der Waals surface area (Å²) < 4.78 is 17.7. The fraction of sp³-hybridized carbons (Fsp3) is 0.361. The van der Waals surface area contributed by atoms with Crippen molar-refractivity contribution in [2.75, 3.05) is 31.6 Å². The molecule has 1 aliphatic heterocycles. The van der Waals surface area contributed by atoms with Crippen LogP contribution in [-0.4, -0.2) is 53.2 Å². The molecule has 0 N–H and O–H groups in total. The summed E-state index contributed by atoms with van der Waals surface area (Å²) in [5.41, 5.74) is 4.31. The van der Waals surface area contributed by atoms with Gasteiger partial charge in [0.05, 0.1) is 23.1 Å². The first kappa shape index (κ1) is 30.9. The second-order valence-corrected chi connectivity index (χ2v) is 12.2. The number of hydrogen-bond donors (Lipinski definition) is 0. The minimum absolute atomic E-state index is 0.267. The predicted molar refractivity (Wildman–Crippen MR) is 173 cm³/mol. The number of benzene rings is 2. The van der Waals surface area contributed by atoms with Crippen LogP contribution in [0.3, 0.4) is 0 Å². The number of carbonyl (C=O) groups excluding carboxylic acids is 1. The maximum absolute atomic E-state index is 12.4. The van der Waals surface area contributed by atoms with Crippen LogP contribution >= 0.6 is 0 Å². The van der Waals surface area contributed by atoms with Crippen molar-refractivity contribution in [2.45, 2.75) is 52.4 Å². The number of anilines is 1. The van der Waals surface area contributed by atoms with Crippen molar-refractivity contribution in [3.8, 4) is 23.0 Å². The Morgan fingerprint density at radius 2 is 1.50 bits per heavy atom. The average Bonchev–Trinajstić information content (AvgIpc) is 3.03. The zero-order valence-electron chi connectivity index (χ0n) is 26.1. The van der Waals surface area contributed by atoms with Crippen molar-refractivity contribution in [1.82, 2.24) is 14.9 Å². The molecule has 2 aromatic heterocycles. The van der Waals surface area contributed by atoms with Crippen LogP contribution in [0.25, 0.3) is 11.3 Å². The highest BCUT2D eigenvalue weighted by molar-refractivity contribution is 5.68. The van der Waals surface area contributed by atoms with Gasteiger partial charge in [-0.05, 0) is 68.9 Å². The Hall–Kier alpha value is -4.59. The second kappa shape index (κ2) is 14.3. The number of hydrogen-bond acceptors (Lipinski definition) is 7. The van der Waals surface area contributed by atoms with Crippen molar-refractivity contribution in [3.05, 3.63) is 102 Å². The summed E-state index contributed by atoms with van der Waals surface area (Å²) in [5.74, 6) is 1.42. The summed E-state index contributed by atoms with van der Waals surface area (Å²) in [5, 5.41) is 0. The molecule has 5 rings (SSSR count). The van der Waals surface area contributed by atoms with E-state index in [1.807, 2.05) is 113 Å². The lowest BCUT2D eigenvalue weighted by Crippen LogP contribution is -2.41. The highest BCUT2D eigenvalue weighted by Gasteiger charge is 2.25. The summed E-state index contributed by atoms with van der Waals surface area (Å²) in [6.45, 7) is 9.00. The first-order valence-corrected chi connectivity index (χ1v) is 15.2. The third-order valence-corrected chi connectivity index (χ3v) is 7.52. The first-order valence-electron chi connectivity index (χ1n) is 15.2. The van der Waals surface area contributed by atoms with E-state index in [-0.39, 0.29) is 6.09 Å². The van der Waals surface area contributed by atoms with E-state index in [9.17, 15) is 4.79 Å². The maximum Gasteiger partial charge on any atom is 0.410 e. The molecular weight excluding hydrogens is 552 g/mol. The van der Waals surface area contributed by atoms with Gasteiger partial charge in [0.25, 0.3) is 0 Å². The average molecular weight is 595 g/mol. The Labute approximate surface area is 260 Å². The van der Waals surface area contributed by atoms with Gasteiger partial charge >= 0.3 is 6.09 Å². The topological polar surface area (TPSA) is 77.0 Å². The molecule has 1 saturated heterocycles. The van der Waals surface area contributed by atoms with Crippen LogP contribution in [0, 0.1) is 5.92 Å². The minimum atomic E-state index is -0.489. The second-order valence-electron chi connectivity index (χ2n) is 12.2. The van der Waals surface area contributed by atoms with Gasteiger partial charge in [0, 0.05) is 32.7 Å². The van der Waals surface area contributed by atoms with Crippen LogP contribution in [0.2, 0.25) is 0 Å². The van der Waals surface area contributed by atoms with Crippen molar-refractivity contribution in [3.63, 3.8) is 0 Å². The van der Waals surface area contributed by atoms with E-state index in [4.69, 9.17) is 24.2 Å². The Bertz CT molecular complexity index is 1480. The van der Waals surface area contributed by atoms with E-state index < -0.39 is 5.60 Å². The van der Waals surface area contributed by atoms with Crippen molar-refractivity contribution < 1.29 is 19.0 Å². The van der Waals surface area contributed by atoms with E-state index >= 15 is 0 Å². The van der Waals surface area contributed by atoms with Gasteiger partial charge in [0.1, 0.15) is 18.8 Å². The molecule has 0 atom stereocenters. The first-order chi connectivity index (χ1) is 21.2. The lowest BCUT2D eigenvalue weighted by Gasteiger charge is -2.35. The molecule has 8 heteroatoms. The number of carbonyl (C=O) groups is 1. The number of piperidine rings is 1. The summed E-state index contributed by atoms with van der Waals surface area (Å²) in [4.78, 5) is 26.0. The number of amides is 1. The van der Waals surface area contributed by atoms with Crippen LogP contribution in [0.15, 0.2) is 91.1 Å². The zero-order valence-corrected chi connectivity index (χ0v) is 26.1. The molecular formula is C36H42N4O4. The Morgan fingerprint density at radius 3 is 2.09 bits per heavy atom. The highest BCUT2D eigenvalue weighted by atomic mass is 16.6. The van der Waals surface area contributed by atoms with Crippen LogP contribution in [-0.2, 0) is 18.0 Å². The fourth-order valence-corrected chi connectivity index (χ4v) is 5.17. The number of ether oxygens (including phenoxy) is 3. The molecule has 8 nitrogen and oxygen atoms in total. The molecule has 2 aromatic carbocycles. The van der Waals surface area contributed by atoms with Gasteiger partial charge in [-0.25, -0.2) is 4.79 Å². The SMILES string of the molecule is CN(CC1CCN(c2ccc(-c3ccc(OCc4ccccc4)nc3OCc3ccccc3)nc2)CC1)C(=O)OC(C)(C)C. The van der Waals surface area contributed by atoms with E-state index in [0.717, 1.165) is 54.0 Å². The van der Waals surface area contributed by atoms with Gasteiger partial charge in [-0.2, -0.15) is 4.98 Å². The highest BCUT2D eigenvalue weighted by Crippen LogP contribution is 2.32. The molecule has 0 spiro atoms. The van der Waals surface area contributed by atoms with Crippen molar-refractivity contribution in [2.24, 2.45) is 5.92 Å². The van der Waals surface area contributed by atoms with Gasteiger partial charge in [0.2, 0.25) is 11.8 Å². The molecule has 1 fully saturated rings. The number of aromatic nitrogens is 2. The largest absolute Gasteiger partial charge is 0.473 e. The van der Waals surface area contributed by atoms with E-state index in [2.05, 4.69) is 11.0 Å². The van der Waals surface area contributed by atoms with Crippen LogP contribution in [0.4, 0.5) is 10.5 Å². The third kappa shape index (κ3) is 8.72. The maximum atomic E-state index is 12.4. The van der Waals surface area contributed by atoms with Crippen LogP contribution in [0.1, 0.15) is 44.7 Å². The van der Waals surface area contributed by atoms with Crippen molar-refractivity contribution >= 4 is 11.8 Å². The van der Waals surface area contributed by atoms with Crippen molar-refractivity contribution in [1.29, 1.82) is 0 Å². The lowest BCUT2D eigenvalue weighted by atomic mass is 9.96. The summed E-state index contributed by atoms with van der Waals surface area (Å²) in [6.07, 6.45) is 3.65. The summed E-state index contributed by atoms with van der Waals surface area (Å²) in [7, 11) is 1.82. The Kier molecular flexibility index (Phi) is 10.00. The smallest absolute Gasteiger partial charge is 0.410 e. The minimum Gasteiger partial charge on any atom is -0.473 e. The number of nitrogens with zero attached hydrogens (tertiary/aromatic N) is 4. The molecule has 230 valence electrons. The normalized spacial score (nSPS) is 13.8. The molecule has 0 aliphatic carbocycles. The fourth-order valence-electron chi connectivity index (χ4n) is 5.17. The molecule has 0 radical (unpaired) electrons. The van der Waals surface area contributed by atoms with Crippen LogP contribution in [0.5, 0.6) is 11.8 Å². The molecule has 1 aliphatic rings. The van der Waals surface area contributed by atoms with Gasteiger partial charge in [-0.3, -0.25) is 4.98 Å². The quantitative estimate of drug-likeness (QED) is 0.190. The van der Waals surface area contributed by atoms with E-state index in [0.29, 0.717) is 37.4 Å². The summed E-state index contributed by atoms with van der Waals surface area (Å²) >= 11 is 0. The predicted octanol–water partition coefficient (Wildman–Crippen LogP) is 7.38. The third-order valence-electron chi connectivity index (χ3n) is 7.52. The van der Waals surface area contributed by atoms with E-state index in [1.165, 1.54) is 0 Å². The van der Waals surface area contributed by atoms with Gasteiger partial charge in [-0.15, -0.1) is 0 Å². The molecule has 0 saturated carbocycles. The molecule has 0 bridgehead atoms. The Morgan fingerprint density at radius 1 is 0.864 bits per heavy atom. The number of pyridine rings is 2. The zero-order chi connectivity index (χ0) is 30.9. The Balaban J connectivity index is 1.23. The molecule has 44 heavy (non-hydrogen) atoms. The molecule has 1 amide bonds. The molecule has 3 heterocycles.